The average molecular weight is 330 g/mol. The second-order valence-electron chi connectivity index (χ2n) is 7.16. The Morgan fingerprint density at radius 2 is 1.30 bits per heavy atom. The summed E-state index contributed by atoms with van der Waals surface area (Å²) in [5.41, 5.74) is 3.58. The van der Waals surface area contributed by atoms with E-state index in [0.29, 0.717) is 5.92 Å². The molecular formula is C20H27NOS. The third-order valence-corrected chi connectivity index (χ3v) is 5.41. The van der Waals surface area contributed by atoms with Crippen molar-refractivity contribution in [2.24, 2.45) is 0 Å². The Labute approximate surface area is 143 Å². The zero-order chi connectivity index (χ0) is 17.0. The van der Waals surface area contributed by atoms with Crippen LogP contribution in [0.1, 0.15) is 63.3 Å². The molecule has 23 heavy (non-hydrogen) atoms. The van der Waals surface area contributed by atoms with Crippen molar-refractivity contribution in [2.75, 3.05) is 0 Å². The summed E-state index contributed by atoms with van der Waals surface area (Å²) in [6.07, 6.45) is 0. The smallest absolute Gasteiger partial charge is 0.136 e. The van der Waals surface area contributed by atoms with Crippen LogP contribution >= 0.6 is 0 Å². The molecule has 0 saturated heterocycles. The van der Waals surface area contributed by atoms with Gasteiger partial charge < -0.3 is 4.55 Å². The Bertz CT molecular complexity index is 602. The largest absolute Gasteiger partial charge is 0.598 e. The van der Waals surface area contributed by atoms with Crippen LogP contribution in [0.15, 0.2) is 54.6 Å². The minimum absolute atomic E-state index is 0.0718. The Hall–Kier alpha value is -1.29. The highest BCUT2D eigenvalue weighted by atomic mass is 32.2. The summed E-state index contributed by atoms with van der Waals surface area (Å²) in [5, 5.41) is 0. The average Bonchev–Trinajstić information content (AvgIpc) is 2.52. The predicted octanol–water partition coefficient (Wildman–Crippen LogP) is 4.95. The first-order valence-electron chi connectivity index (χ1n) is 8.12. The molecular weight excluding hydrogens is 302 g/mol. The van der Waals surface area contributed by atoms with Crippen LogP contribution in [0.25, 0.3) is 0 Å². The molecule has 1 N–H and O–H groups in total. The zero-order valence-electron chi connectivity index (χ0n) is 14.7. The number of hydrogen-bond acceptors (Lipinski definition) is 2. The highest BCUT2D eigenvalue weighted by molar-refractivity contribution is 7.90. The molecule has 0 aliphatic carbocycles. The van der Waals surface area contributed by atoms with E-state index >= 15 is 0 Å². The Kier molecular flexibility index (Phi) is 5.90. The molecule has 0 fully saturated rings. The van der Waals surface area contributed by atoms with E-state index in [1.807, 2.05) is 39.0 Å². The summed E-state index contributed by atoms with van der Waals surface area (Å²) in [6, 6.07) is 18.7. The summed E-state index contributed by atoms with van der Waals surface area (Å²) in [6.45, 7) is 10.3. The Morgan fingerprint density at radius 3 is 1.78 bits per heavy atom. The lowest BCUT2D eigenvalue weighted by Gasteiger charge is -2.28. The highest BCUT2D eigenvalue weighted by Gasteiger charge is 2.30. The van der Waals surface area contributed by atoms with Gasteiger partial charge in [0.25, 0.3) is 0 Å². The van der Waals surface area contributed by atoms with Gasteiger partial charge in [-0.1, -0.05) is 68.4 Å². The van der Waals surface area contributed by atoms with Crippen LogP contribution in [-0.2, 0) is 11.4 Å². The van der Waals surface area contributed by atoms with Crippen LogP contribution in [0.5, 0.6) is 0 Å². The Balaban J connectivity index is 2.33. The fourth-order valence-corrected chi connectivity index (χ4v) is 3.17. The maximum Gasteiger partial charge on any atom is 0.136 e. The topological polar surface area (TPSA) is 35.1 Å². The van der Waals surface area contributed by atoms with E-state index in [0.717, 1.165) is 11.1 Å². The molecule has 0 spiro atoms. The van der Waals surface area contributed by atoms with Crippen LogP contribution in [0.3, 0.4) is 0 Å². The van der Waals surface area contributed by atoms with Gasteiger partial charge in [-0.15, -0.1) is 4.72 Å². The maximum absolute atomic E-state index is 12.6. The first-order chi connectivity index (χ1) is 10.8. The summed E-state index contributed by atoms with van der Waals surface area (Å²) in [4.78, 5) is 0. The minimum Gasteiger partial charge on any atom is -0.598 e. The zero-order valence-corrected chi connectivity index (χ0v) is 15.5. The number of benzene rings is 2. The van der Waals surface area contributed by atoms with Gasteiger partial charge in [0.1, 0.15) is 10.8 Å². The monoisotopic (exact) mass is 329 g/mol. The minimum atomic E-state index is -1.13. The van der Waals surface area contributed by atoms with Gasteiger partial charge in [-0.05, 0) is 43.4 Å². The van der Waals surface area contributed by atoms with Gasteiger partial charge >= 0.3 is 0 Å². The van der Waals surface area contributed by atoms with E-state index in [9.17, 15) is 4.55 Å². The van der Waals surface area contributed by atoms with E-state index in [2.05, 4.69) is 55.0 Å². The molecule has 0 aliphatic heterocycles. The van der Waals surface area contributed by atoms with Crippen LogP contribution in [0.2, 0.25) is 0 Å². The van der Waals surface area contributed by atoms with Gasteiger partial charge in [0.2, 0.25) is 0 Å². The molecule has 124 valence electrons. The first kappa shape index (κ1) is 18.1. The molecule has 0 aliphatic rings. The van der Waals surface area contributed by atoms with Crippen molar-refractivity contribution in [1.29, 1.82) is 0 Å². The molecule has 0 heterocycles. The van der Waals surface area contributed by atoms with Gasteiger partial charge in [0.05, 0.1) is 0 Å². The Morgan fingerprint density at radius 1 is 0.826 bits per heavy atom. The summed E-state index contributed by atoms with van der Waals surface area (Å²) >= 11 is -1.13. The molecule has 2 aromatic rings. The van der Waals surface area contributed by atoms with Gasteiger partial charge in [-0.25, -0.2) is 0 Å². The first-order valence-corrected chi connectivity index (χ1v) is 9.27. The lowest BCUT2D eigenvalue weighted by molar-refractivity contribution is 0.535. The predicted molar refractivity (Wildman–Crippen MR) is 99.8 cm³/mol. The quantitative estimate of drug-likeness (QED) is 0.788. The van der Waals surface area contributed by atoms with E-state index < -0.39 is 11.4 Å². The summed E-state index contributed by atoms with van der Waals surface area (Å²) in [7, 11) is 0. The number of rotatable bonds is 5. The van der Waals surface area contributed by atoms with Gasteiger partial charge in [0.15, 0.2) is 0 Å². The number of hydrogen-bond donors (Lipinski definition) is 1. The van der Waals surface area contributed by atoms with Gasteiger partial charge in [-0.2, -0.15) is 0 Å². The normalized spacial score (nSPS) is 14.7. The molecule has 2 atom stereocenters. The fourth-order valence-electron chi connectivity index (χ4n) is 2.33. The standard InChI is InChI=1S/C20H27NOS/c1-15(2)16-11-13-18(14-12-16)19(17-9-7-6-8-10-17)21-23(22)20(3,4)5/h6-15,19,21H,1-5H3/t19-,23?/m0/s1. The second-order valence-corrected chi connectivity index (χ2v) is 9.16. The van der Waals surface area contributed by atoms with Crippen LogP contribution < -0.4 is 4.72 Å². The lowest BCUT2D eigenvalue weighted by atomic mass is 9.96. The molecule has 0 amide bonds. The van der Waals surface area contributed by atoms with Crippen molar-refractivity contribution in [3.05, 3.63) is 71.3 Å². The van der Waals surface area contributed by atoms with E-state index in [4.69, 9.17) is 0 Å². The van der Waals surface area contributed by atoms with E-state index in [1.54, 1.807) is 0 Å². The van der Waals surface area contributed by atoms with Crippen LogP contribution in [0, 0.1) is 0 Å². The van der Waals surface area contributed by atoms with Crippen molar-refractivity contribution in [2.45, 2.75) is 51.3 Å². The molecule has 2 rings (SSSR count). The van der Waals surface area contributed by atoms with Crippen molar-refractivity contribution >= 4 is 11.4 Å². The van der Waals surface area contributed by atoms with Gasteiger partial charge in [-0.3, -0.25) is 0 Å². The highest BCUT2D eigenvalue weighted by Crippen LogP contribution is 2.27. The second kappa shape index (κ2) is 7.52. The van der Waals surface area contributed by atoms with Crippen molar-refractivity contribution < 1.29 is 4.55 Å². The summed E-state index contributed by atoms with van der Waals surface area (Å²) in [5.74, 6) is 0.510. The molecule has 2 aromatic carbocycles. The van der Waals surface area contributed by atoms with Crippen molar-refractivity contribution in [3.63, 3.8) is 0 Å². The summed E-state index contributed by atoms with van der Waals surface area (Å²) < 4.78 is 15.6. The molecule has 0 bridgehead atoms. The SMILES string of the molecule is CC(C)c1ccc([C@@H](N[S+]([O-])C(C)(C)C)c2ccccc2)cc1. The third-order valence-electron chi connectivity index (χ3n) is 3.85. The molecule has 2 nitrogen and oxygen atoms in total. The third kappa shape index (κ3) is 4.84. The van der Waals surface area contributed by atoms with E-state index in [-0.39, 0.29) is 10.8 Å². The molecule has 0 saturated carbocycles. The van der Waals surface area contributed by atoms with Crippen molar-refractivity contribution in [1.82, 2.24) is 4.72 Å². The van der Waals surface area contributed by atoms with Crippen molar-refractivity contribution in [3.8, 4) is 0 Å². The molecule has 0 aromatic heterocycles. The molecule has 1 unspecified atom stereocenters. The number of nitrogens with one attached hydrogen (secondary N) is 1. The molecule has 0 radical (unpaired) electrons. The maximum atomic E-state index is 12.6. The van der Waals surface area contributed by atoms with E-state index in [1.165, 1.54) is 5.56 Å². The lowest BCUT2D eigenvalue weighted by Crippen LogP contribution is -2.41. The van der Waals surface area contributed by atoms with Crippen LogP contribution in [0.4, 0.5) is 0 Å². The van der Waals surface area contributed by atoms with Crippen LogP contribution in [-0.4, -0.2) is 9.30 Å². The fraction of sp³-hybridized carbons (Fsp3) is 0.400. The van der Waals surface area contributed by atoms with Gasteiger partial charge in [0, 0.05) is 11.4 Å². The molecule has 3 heteroatoms.